The first kappa shape index (κ1) is 36.0. The first-order valence-electron chi connectivity index (χ1n) is 4.12. The molecule has 1 aliphatic carbocycles. The van der Waals surface area contributed by atoms with Crippen LogP contribution in [0.1, 0.15) is 26.2 Å². The number of hydroxylamine groups is 1. The third-order valence-corrected chi connectivity index (χ3v) is 1.52. The zero-order chi connectivity index (χ0) is 7.94. The molecule has 106 valence electrons. The van der Waals surface area contributed by atoms with Crippen LogP contribution in [-0.2, 0) is 30.7 Å². The SMILES string of the molecule is CCCCO[N-]C1=CC=CC1.[CH3-].[CH3-].[CH3-].[CH3-].[CH3-].[Hf]. The van der Waals surface area contributed by atoms with Crippen LogP contribution in [0, 0.1) is 37.1 Å². The van der Waals surface area contributed by atoms with Crippen molar-refractivity contribution >= 4 is 0 Å². The van der Waals surface area contributed by atoms with Crippen LogP contribution in [0.4, 0.5) is 0 Å². The molecule has 0 fully saturated rings. The van der Waals surface area contributed by atoms with Crippen molar-refractivity contribution in [3.05, 3.63) is 66.5 Å². The molecule has 17 heavy (non-hydrogen) atoms. The van der Waals surface area contributed by atoms with Gasteiger partial charge in [-0.1, -0.05) is 31.6 Å². The van der Waals surface area contributed by atoms with Crippen LogP contribution >= 0.6 is 0 Å². The number of unbranched alkanes of at least 4 members (excludes halogenated alkanes) is 1. The predicted molar refractivity (Wildman–Crippen MR) is 78.1 cm³/mol. The van der Waals surface area contributed by atoms with Crippen LogP contribution in [-0.4, -0.2) is 6.61 Å². The Hall–Kier alpha value is 0.110. The van der Waals surface area contributed by atoms with E-state index in [0.717, 1.165) is 31.6 Å². The van der Waals surface area contributed by atoms with Gasteiger partial charge in [-0.3, -0.25) is 0 Å². The summed E-state index contributed by atoms with van der Waals surface area (Å²) in [5.41, 5.74) is 4.99. The molecule has 0 heterocycles. The van der Waals surface area contributed by atoms with Gasteiger partial charge in [0.2, 0.25) is 0 Å². The molecule has 0 bridgehead atoms. The molecule has 0 radical (unpaired) electrons. The van der Waals surface area contributed by atoms with Crippen molar-refractivity contribution in [1.82, 2.24) is 0 Å². The Balaban J connectivity index is -0.0000000504. The molecule has 0 aliphatic heterocycles. The third kappa shape index (κ3) is 18.7. The third-order valence-electron chi connectivity index (χ3n) is 1.52. The predicted octanol–water partition coefficient (Wildman–Crippen LogP) is 5.18. The summed E-state index contributed by atoms with van der Waals surface area (Å²) in [5, 5.41) is 0. The molecule has 0 aromatic carbocycles. The summed E-state index contributed by atoms with van der Waals surface area (Å²) in [5.74, 6) is 0. The molecule has 0 amide bonds. The van der Waals surface area contributed by atoms with Crippen LogP contribution in [0.3, 0.4) is 0 Å². The minimum Gasteiger partial charge on any atom is -0.565 e. The van der Waals surface area contributed by atoms with Gasteiger partial charge in [-0.15, -0.1) is 5.70 Å². The minimum atomic E-state index is 0. The van der Waals surface area contributed by atoms with Crippen molar-refractivity contribution in [3.8, 4) is 0 Å². The van der Waals surface area contributed by atoms with Gasteiger partial charge < -0.3 is 47.5 Å². The second-order valence-corrected chi connectivity index (χ2v) is 2.57. The van der Waals surface area contributed by atoms with Crippen LogP contribution < -0.4 is 0 Å². The van der Waals surface area contributed by atoms with Gasteiger partial charge in [0.05, 0.1) is 0 Å². The molecule has 0 aromatic rings. The smallest absolute Gasteiger partial charge is 0.0297 e. The van der Waals surface area contributed by atoms with E-state index in [1.807, 2.05) is 12.2 Å². The molecule has 0 atom stereocenters. The van der Waals surface area contributed by atoms with Gasteiger partial charge in [0.15, 0.2) is 0 Å². The molecule has 2 nitrogen and oxygen atoms in total. The Labute approximate surface area is 130 Å². The zero-order valence-corrected chi connectivity index (χ0v) is 16.0. The first-order valence-corrected chi connectivity index (χ1v) is 4.12. The second-order valence-electron chi connectivity index (χ2n) is 2.57. The fourth-order valence-electron chi connectivity index (χ4n) is 0.841. The maximum Gasteiger partial charge on any atom is 0.0297 e. The fraction of sp³-hybridized carbons (Fsp3) is 0.357. The topological polar surface area (TPSA) is 23.3 Å². The van der Waals surface area contributed by atoms with Crippen LogP contribution in [0.15, 0.2) is 23.9 Å². The molecule has 1 rings (SSSR count). The van der Waals surface area contributed by atoms with E-state index in [0.29, 0.717) is 0 Å². The Morgan fingerprint density at radius 1 is 1.18 bits per heavy atom. The fourth-order valence-corrected chi connectivity index (χ4v) is 0.841. The van der Waals surface area contributed by atoms with Crippen molar-refractivity contribution in [2.24, 2.45) is 0 Å². The molecule has 1 aliphatic rings. The molecular formula is C14H29HfNO-6. The van der Waals surface area contributed by atoms with Gasteiger partial charge >= 0.3 is 0 Å². The molecule has 0 aromatic heterocycles. The van der Waals surface area contributed by atoms with Crippen LogP contribution in [0.2, 0.25) is 0 Å². The van der Waals surface area contributed by atoms with Crippen molar-refractivity contribution in [2.45, 2.75) is 26.2 Å². The molecular weight excluding hydrogens is 377 g/mol. The number of hydrogen-bond acceptors (Lipinski definition) is 1. The number of hydrogen-bond donors (Lipinski definition) is 0. The Morgan fingerprint density at radius 2 is 1.76 bits per heavy atom. The normalized spacial score (nSPS) is 9.82. The van der Waals surface area contributed by atoms with E-state index >= 15 is 0 Å². The monoisotopic (exact) mass is 407 g/mol. The number of rotatable bonds is 5. The summed E-state index contributed by atoms with van der Waals surface area (Å²) < 4.78 is 0. The van der Waals surface area contributed by atoms with Crippen molar-refractivity contribution in [1.29, 1.82) is 0 Å². The average Bonchev–Trinajstić information content (AvgIpc) is 2.50. The van der Waals surface area contributed by atoms with Crippen LogP contribution in [0.5, 0.6) is 0 Å². The second kappa shape index (κ2) is 25.1. The molecule has 0 spiro atoms. The van der Waals surface area contributed by atoms with Gasteiger partial charge in [0, 0.05) is 32.5 Å². The van der Waals surface area contributed by atoms with E-state index in [-0.39, 0.29) is 63.0 Å². The number of nitrogens with zero attached hydrogens (tertiary/aromatic N) is 1. The van der Waals surface area contributed by atoms with Gasteiger partial charge in [0.25, 0.3) is 0 Å². The van der Waals surface area contributed by atoms with E-state index in [4.69, 9.17) is 4.84 Å². The van der Waals surface area contributed by atoms with E-state index in [2.05, 4.69) is 18.5 Å². The summed E-state index contributed by atoms with van der Waals surface area (Å²) in [6, 6.07) is 0. The first-order chi connectivity index (χ1) is 5.43. The summed E-state index contributed by atoms with van der Waals surface area (Å²) >= 11 is 0. The average molecular weight is 406 g/mol. The molecule has 0 saturated carbocycles. The summed E-state index contributed by atoms with van der Waals surface area (Å²) in [7, 11) is 0. The Morgan fingerprint density at radius 3 is 2.18 bits per heavy atom. The van der Waals surface area contributed by atoms with Crippen LogP contribution in [0.25, 0.3) is 5.48 Å². The van der Waals surface area contributed by atoms with E-state index in [9.17, 15) is 0 Å². The summed E-state index contributed by atoms with van der Waals surface area (Å²) in [6.45, 7) is 2.88. The van der Waals surface area contributed by atoms with Gasteiger partial charge in [-0.2, -0.15) is 0 Å². The van der Waals surface area contributed by atoms with E-state index in [1.165, 1.54) is 0 Å². The van der Waals surface area contributed by atoms with Gasteiger partial charge in [0.1, 0.15) is 0 Å². The summed E-state index contributed by atoms with van der Waals surface area (Å²) in [4.78, 5) is 5.07. The largest absolute Gasteiger partial charge is 0.565 e. The minimum absolute atomic E-state index is 0. The molecule has 3 heteroatoms. The Kier molecular flexibility index (Phi) is 53.1. The van der Waals surface area contributed by atoms with E-state index in [1.54, 1.807) is 0 Å². The number of allylic oxidation sites excluding steroid dienone is 3. The quantitative estimate of drug-likeness (QED) is 0.267. The Bertz CT molecular complexity index is 168. The maximum absolute atomic E-state index is 5.07. The molecule has 0 saturated heterocycles. The maximum atomic E-state index is 5.07. The van der Waals surface area contributed by atoms with Crippen molar-refractivity contribution < 1.29 is 30.7 Å². The zero-order valence-electron chi connectivity index (χ0n) is 12.4. The van der Waals surface area contributed by atoms with Crippen molar-refractivity contribution in [3.63, 3.8) is 0 Å². The van der Waals surface area contributed by atoms with Crippen molar-refractivity contribution in [2.75, 3.05) is 6.61 Å². The molecule has 0 unspecified atom stereocenters. The molecule has 0 N–H and O–H groups in total. The van der Waals surface area contributed by atoms with Gasteiger partial charge in [-0.25, -0.2) is 0 Å². The summed E-state index contributed by atoms with van der Waals surface area (Å²) in [6.07, 6.45) is 9.22. The van der Waals surface area contributed by atoms with E-state index < -0.39 is 0 Å². The standard InChI is InChI=1S/C9H14NO.5CH3.Hf/c1-2-3-8-11-10-9-6-4-5-7-9;;;;;;/h4-6H,2-3,7-8H2,1H3;5*1H3;/q6*-1;. The van der Waals surface area contributed by atoms with Gasteiger partial charge in [-0.05, 0) is 12.8 Å².